The summed E-state index contributed by atoms with van der Waals surface area (Å²) in [4.78, 5) is 2.01. The number of fused-ring (bicyclic) bond motifs is 1. The molecule has 82 valence electrons. The fourth-order valence-electron chi connectivity index (χ4n) is 2.28. The van der Waals surface area contributed by atoms with Gasteiger partial charge in [-0.25, -0.2) is 0 Å². The summed E-state index contributed by atoms with van der Waals surface area (Å²) in [7, 11) is 3.91. The third kappa shape index (κ3) is 1.85. The SMILES string of the molecule is CN(C)C1Cc2c(O)cccc2CC1O. The minimum atomic E-state index is -0.339. The summed E-state index contributed by atoms with van der Waals surface area (Å²) >= 11 is 0. The molecule has 2 atom stereocenters. The number of benzene rings is 1. The van der Waals surface area contributed by atoms with E-state index < -0.39 is 0 Å². The molecule has 0 fully saturated rings. The van der Waals surface area contributed by atoms with E-state index in [1.54, 1.807) is 6.07 Å². The van der Waals surface area contributed by atoms with Crippen molar-refractivity contribution in [2.24, 2.45) is 0 Å². The van der Waals surface area contributed by atoms with Crippen LogP contribution in [0.4, 0.5) is 0 Å². The van der Waals surface area contributed by atoms with E-state index in [0.717, 1.165) is 17.5 Å². The van der Waals surface area contributed by atoms with Gasteiger partial charge < -0.3 is 15.1 Å². The van der Waals surface area contributed by atoms with Crippen molar-refractivity contribution in [3.05, 3.63) is 29.3 Å². The molecular formula is C12H17NO2. The number of rotatable bonds is 1. The third-order valence-electron chi connectivity index (χ3n) is 3.20. The second-order valence-electron chi connectivity index (χ2n) is 4.42. The van der Waals surface area contributed by atoms with Gasteiger partial charge in [0.15, 0.2) is 0 Å². The lowest BCUT2D eigenvalue weighted by Gasteiger charge is -2.34. The third-order valence-corrected chi connectivity index (χ3v) is 3.20. The number of phenolic OH excluding ortho intramolecular Hbond substituents is 1. The molecule has 2 rings (SSSR count). The minimum Gasteiger partial charge on any atom is -0.508 e. The van der Waals surface area contributed by atoms with Crippen molar-refractivity contribution in [3.63, 3.8) is 0 Å². The molecule has 1 aliphatic carbocycles. The van der Waals surface area contributed by atoms with E-state index in [9.17, 15) is 10.2 Å². The van der Waals surface area contributed by atoms with E-state index in [2.05, 4.69) is 0 Å². The van der Waals surface area contributed by atoms with Crippen molar-refractivity contribution in [1.82, 2.24) is 4.90 Å². The van der Waals surface area contributed by atoms with Crippen LogP contribution in [0.15, 0.2) is 18.2 Å². The molecule has 3 heteroatoms. The highest BCUT2D eigenvalue weighted by Gasteiger charge is 2.29. The van der Waals surface area contributed by atoms with Crippen LogP contribution in [-0.4, -0.2) is 41.4 Å². The largest absolute Gasteiger partial charge is 0.508 e. The molecule has 1 aromatic carbocycles. The fraction of sp³-hybridized carbons (Fsp3) is 0.500. The van der Waals surface area contributed by atoms with Crippen LogP contribution in [0.2, 0.25) is 0 Å². The van der Waals surface area contributed by atoms with Gasteiger partial charge >= 0.3 is 0 Å². The average molecular weight is 207 g/mol. The smallest absolute Gasteiger partial charge is 0.119 e. The topological polar surface area (TPSA) is 43.7 Å². The molecule has 0 spiro atoms. The zero-order valence-electron chi connectivity index (χ0n) is 9.14. The quantitative estimate of drug-likeness (QED) is 0.715. The number of aliphatic hydroxyl groups is 1. The number of hydrogen-bond donors (Lipinski definition) is 2. The molecule has 0 amide bonds. The van der Waals surface area contributed by atoms with Crippen LogP contribution in [0.3, 0.4) is 0 Å². The van der Waals surface area contributed by atoms with Crippen molar-refractivity contribution in [1.29, 1.82) is 0 Å². The molecule has 0 aliphatic heterocycles. The van der Waals surface area contributed by atoms with E-state index in [4.69, 9.17) is 0 Å². The molecule has 1 aromatic rings. The maximum Gasteiger partial charge on any atom is 0.119 e. The number of hydrogen-bond acceptors (Lipinski definition) is 3. The van der Waals surface area contributed by atoms with Crippen molar-refractivity contribution in [3.8, 4) is 5.75 Å². The highest BCUT2D eigenvalue weighted by Crippen LogP contribution is 2.30. The van der Waals surface area contributed by atoms with Gasteiger partial charge in [0.1, 0.15) is 5.75 Å². The van der Waals surface area contributed by atoms with E-state index in [1.165, 1.54) is 0 Å². The molecule has 0 aromatic heterocycles. The van der Waals surface area contributed by atoms with Crippen LogP contribution in [0.5, 0.6) is 5.75 Å². The Morgan fingerprint density at radius 2 is 2.00 bits per heavy atom. The molecule has 3 nitrogen and oxygen atoms in total. The Balaban J connectivity index is 2.35. The van der Waals surface area contributed by atoms with Crippen LogP contribution in [-0.2, 0) is 12.8 Å². The van der Waals surface area contributed by atoms with Crippen molar-refractivity contribution in [2.75, 3.05) is 14.1 Å². The molecule has 2 N–H and O–H groups in total. The first-order chi connectivity index (χ1) is 7.09. The summed E-state index contributed by atoms with van der Waals surface area (Å²) in [5.74, 6) is 0.353. The molecule has 0 saturated carbocycles. The van der Waals surface area contributed by atoms with Crippen LogP contribution < -0.4 is 0 Å². The minimum absolute atomic E-state index is 0.103. The lowest BCUT2D eigenvalue weighted by atomic mass is 9.85. The van der Waals surface area contributed by atoms with Gasteiger partial charge in [0, 0.05) is 12.5 Å². The molecule has 1 aliphatic rings. The first kappa shape index (κ1) is 10.5. The second kappa shape index (κ2) is 3.83. The van der Waals surface area contributed by atoms with Gasteiger partial charge in [-0.3, -0.25) is 0 Å². The summed E-state index contributed by atoms with van der Waals surface area (Å²) in [6, 6.07) is 5.62. The van der Waals surface area contributed by atoms with E-state index in [0.29, 0.717) is 12.2 Å². The molecule has 0 heterocycles. The number of phenols is 1. The second-order valence-corrected chi connectivity index (χ2v) is 4.42. The van der Waals surface area contributed by atoms with Crippen molar-refractivity contribution in [2.45, 2.75) is 25.0 Å². The highest BCUT2D eigenvalue weighted by molar-refractivity contribution is 5.42. The van der Waals surface area contributed by atoms with Crippen LogP contribution in [0.25, 0.3) is 0 Å². The number of aliphatic hydroxyl groups excluding tert-OH is 1. The summed E-state index contributed by atoms with van der Waals surface area (Å²) in [5.41, 5.74) is 2.06. The lowest BCUT2D eigenvalue weighted by molar-refractivity contribution is 0.0686. The Bertz CT molecular complexity index is 363. The summed E-state index contributed by atoms with van der Waals surface area (Å²) in [5, 5.41) is 19.7. The zero-order valence-corrected chi connectivity index (χ0v) is 9.14. The predicted molar refractivity (Wildman–Crippen MR) is 59.0 cm³/mol. The Kier molecular flexibility index (Phi) is 2.67. The fourth-order valence-corrected chi connectivity index (χ4v) is 2.28. The van der Waals surface area contributed by atoms with Gasteiger partial charge in [-0.05, 0) is 37.7 Å². The normalized spacial score (nSPS) is 25.3. The Hall–Kier alpha value is -1.06. The molecular weight excluding hydrogens is 190 g/mol. The van der Waals surface area contributed by atoms with Crippen LogP contribution in [0, 0.1) is 0 Å². The molecule has 0 bridgehead atoms. The van der Waals surface area contributed by atoms with Gasteiger partial charge in [0.2, 0.25) is 0 Å². The summed E-state index contributed by atoms with van der Waals surface area (Å²) in [6.45, 7) is 0. The van der Waals surface area contributed by atoms with E-state index in [-0.39, 0.29) is 12.1 Å². The summed E-state index contributed by atoms with van der Waals surface area (Å²) < 4.78 is 0. The van der Waals surface area contributed by atoms with Crippen LogP contribution in [0.1, 0.15) is 11.1 Å². The standard InChI is InChI=1S/C12H17NO2/c1-13(2)10-7-9-8(6-12(10)15)4-3-5-11(9)14/h3-5,10,12,14-15H,6-7H2,1-2H3. The number of likely N-dealkylation sites (N-methyl/N-ethyl adjacent to an activating group) is 1. The number of aromatic hydroxyl groups is 1. The molecule has 0 radical (unpaired) electrons. The maximum absolute atomic E-state index is 9.95. The molecule has 0 saturated heterocycles. The van der Waals surface area contributed by atoms with Gasteiger partial charge in [-0.1, -0.05) is 12.1 Å². The monoisotopic (exact) mass is 207 g/mol. The van der Waals surface area contributed by atoms with E-state index >= 15 is 0 Å². The van der Waals surface area contributed by atoms with E-state index in [1.807, 2.05) is 31.1 Å². The van der Waals surface area contributed by atoms with Gasteiger partial charge in [-0.2, -0.15) is 0 Å². The lowest BCUT2D eigenvalue weighted by Crippen LogP contribution is -2.44. The predicted octanol–water partition coefficient (Wildman–Crippen LogP) is 0.782. The summed E-state index contributed by atoms with van der Waals surface area (Å²) in [6.07, 6.45) is 1.01. The zero-order chi connectivity index (χ0) is 11.0. The maximum atomic E-state index is 9.95. The van der Waals surface area contributed by atoms with Gasteiger partial charge in [0.25, 0.3) is 0 Å². The molecule has 2 unspecified atom stereocenters. The molecule has 15 heavy (non-hydrogen) atoms. The van der Waals surface area contributed by atoms with Crippen LogP contribution >= 0.6 is 0 Å². The Morgan fingerprint density at radius 1 is 1.27 bits per heavy atom. The number of nitrogens with zero attached hydrogens (tertiary/aromatic N) is 1. The Labute approximate surface area is 90.0 Å². The Morgan fingerprint density at radius 3 is 2.67 bits per heavy atom. The van der Waals surface area contributed by atoms with Crippen molar-refractivity contribution >= 4 is 0 Å². The first-order valence-corrected chi connectivity index (χ1v) is 5.24. The van der Waals surface area contributed by atoms with Crippen molar-refractivity contribution < 1.29 is 10.2 Å². The first-order valence-electron chi connectivity index (χ1n) is 5.24. The van der Waals surface area contributed by atoms with Gasteiger partial charge in [0.05, 0.1) is 6.10 Å². The highest BCUT2D eigenvalue weighted by atomic mass is 16.3. The van der Waals surface area contributed by atoms with Gasteiger partial charge in [-0.15, -0.1) is 0 Å². The average Bonchev–Trinajstić information content (AvgIpc) is 2.16.